The van der Waals surface area contributed by atoms with E-state index in [1.807, 2.05) is 0 Å². The third-order valence-corrected chi connectivity index (χ3v) is 2.64. The van der Waals surface area contributed by atoms with E-state index in [4.69, 9.17) is 19.3 Å². The summed E-state index contributed by atoms with van der Waals surface area (Å²) >= 11 is 0. The maximum absolute atomic E-state index is 10.1. The number of ether oxygens (including phenoxy) is 3. The molecule has 0 bridgehead atoms. The number of aliphatic hydroxyl groups excluding tert-OH is 3. The van der Waals surface area contributed by atoms with Crippen molar-refractivity contribution < 1.29 is 29.5 Å². The van der Waals surface area contributed by atoms with Gasteiger partial charge in [-0.3, -0.25) is 0 Å². The zero-order valence-electron chi connectivity index (χ0n) is 12.3. The van der Waals surface area contributed by atoms with Gasteiger partial charge in [-0.05, 0) is 0 Å². The minimum atomic E-state index is -1.34. The van der Waals surface area contributed by atoms with Crippen molar-refractivity contribution in [3.05, 3.63) is 38.0 Å². The summed E-state index contributed by atoms with van der Waals surface area (Å²) in [6, 6.07) is 0. The SMILES string of the molecule is C=CCOCC(OCC=C)C(OCC=C)C(O)C(O)CO. The van der Waals surface area contributed by atoms with Gasteiger partial charge in [0.1, 0.15) is 24.4 Å². The van der Waals surface area contributed by atoms with Crippen molar-refractivity contribution in [3.63, 3.8) is 0 Å². The molecule has 122 valence electrons. The molecular weight excluding hydrogens is 276 g/mol. The van der Waals surface area contributed by atoms with Gasteiger partial charge in [0.05, 0.1) is 33.0 Å². The van der Waals surface area contributed by atoms with Gasteiger partial charge in [-0.2, -0.15) is 0 Å². The lowest BCUT2D eigenvalue weighted by atomic mass is 10.0. The van der Waals surface area contributed by atoms with Crippen LogP contribution in [0.15, 0.2) is 38.0 Å². The Hall–Kier alpha value is -1.02. The summed E-state index contributed by atoms with van der Waals surface area (Å²) in [6.45, 7) is 10.9. The van der Waals surface area contributed by atoms with E-state index in [1.54, 1.807) is 12.2 Å². The lowest BCUT2D eigenvalue weighted by Crippen LogP contribution is -2.50. The fourth-order valence-electron chi connectivity index (χ4n) is 1.63. The topological polar surface area (TPSA) is 88.4 Å². The third kappa shape index (κ3) is 8.11. The van der Waals surface area contributed by atoms with Gasteiger partial charge in [0.25, 0.3) is 0 Å². The van der Waals surface area contributed by atoms with Gasteiger partial charge in [-0.25, -0.2) is 0 Å². The van der Waals surface area contributed by atoms with Gasteiger partial charge < -0.3 is 29.5 Å². The van der Waals surface area contributed by atoms with Crippen LogP contribution >= 0.6 is 0 Å². The van der Waals surface area contributed by atoms with Gasteiger partial charge >= 0.3 is 0 Å². The number of hydrogen-bond acceptors (Lipinski definition) is 6. The highest BCUT2D eigenvalue weighted by Gasteiger charge is 2.34. The standard InChI is InChI=1S/C15H26O6/c1-4-7-19-11-13(20-8-5-2)15(21-9-6-3)14(18)12(17)10-16/h4-6,12-18H,1-3,7-11H2. The van der Waals surface area contributed by atoms with E-state index in [2.05, 4.69) is 19.7 Å². The first-order valence-corrected chi connectivity index (χ1v) is 6.72. The zero-order chi connectivity index (χ0) is 16.1. The second-order valence-electron chi connectivity index (χ2n) is 4.31. The summed E-state index contributed by atoms with van der Waals surface area (Å²) < 4.78 is 16.3. The average Bonchev–Trinajstić information content (AvgIpc) is 2.51. The minimum absolute atomic E-state index is 0.136. The van der Waals surface area contributed by atoms with Crippen molar-refractivity contribution in [2.75, 3.05) is 33.0 Å². The first kappa shape index (κ1) is 20.0. The molecule has 0 heterocycles. The highest BCUT2D eigenvalue weighted by Crippen LogP contribution is 2.14. The molecular formula is C15H26O6. The third-order valence-electron chi connectivity index (χ3n) is 2.64. The Kier molecular flexibility index (Phi) is 12.1. The van der Waals surface area contributed by atoms with E-state index in [-0.39, 0.29) is 19.8 Å². The average molecular weight is 302 g/mol. The first-order valence-electron chi connectivity index (χ1n) is 6.72. The number of hydrogen-bond donors (Lipinski definition) is 3. The maximum atomic E-state index is 10.1. The van der Waals surface area contributed by atoms with Crippen LogP contribution in [0.25, 0.3) is 0 Å². The summed E-state index contributed by atoms with van der Waals surface area (Å²) in [5, 5.41) is 28.6. The van der Waals surface area contributed by atoms with Crippen LogP contribution in [-0.2, 0) is 14.2 Å². The fourth-order valence-corrected chi connectivity index (χ4v) is 1.63. The lowest BCUT2D eigenvalue weighted by Gasteiger charge is -2.32. The Morgan fingerprint density at radius 2 is 1.48 bits per heavy atom. The van der Waals surface area contributed by atoms with Gasteiger partial charge in [-0.1, -0.05) is 18.2 Å². The molecule has 0 fully saturated rings. The van der Waals surface area contributed by atoms with Crippen molar-refractivity contribution in [3.8, 4) is 0 Å². The smallest absolute Gasteiger partial charge is 0.115 e. The molecule has 0 aliphatic rings. The molecule has 6 heteroatoms. The summed E-state index contributed by atoms with van der Waals surface area (Å²) in [5.41, 5.74) is 0. The summed E-state index contributed by atoms with van der Waals surface area (Å²) in [6.07, 6.45) is 0.476. The van der Waals surface area contributed by atoms with E-state index in [0.29, 0.717) is 6.61 Å². The normalized spacial score (nSPS) is 16.7. The van der Waals surface area contributed by atoms with Crippen LogP contribution in [0.3, 0.4) is 0 Å². The molecule has 0 aliphatic carbocycles. The van der Waals surface area contributed by atoms with Crippen LogP contribution < -0.4 is 0 Å². The molecule has 0 amide bonds. The molecule has 0 aromatic carbocycles. The van der Waals surface area contributed by atoms with Crippen LogP contribution in [0, 0.1) is 0 Å². The predicted molar refractivity (Wildman–Crippen MR) is 80.0 cm³/mol. The maximum Gasteiger partial charge on any atom is 0.115 e. The van der Waals surface area contributed by atoms with Gasteiger partial charge in [0.2, 0.25) is 0 Å². The van der Waals surface area contributed by atoms with Crippen molar-refractivity contribution in [1.82, 2.24) is 0 Å². The molecule has 0 radical (unpaired) electrons. The Bertz CT molecular complexity index is 294. The quantitative estimate of drug-likeness (QED) is 0.310. The van der Waals surface area contributed by atoms with Crippen molar-refractivity contribution in [1.29, 1.82) is 0 Å². The Labute approximate surface area is 126 Å². The van der Waals surface area contributed by atoms with Crippen molar-refractivity contribution in [2.24, 2.45) is 0 Å². The lowest BCUT2D eigenvalue weighted by molar-refractivity contribution is -0.160. The van der Waals surface area contributed by atoms with Gasteiger partial charge in [-0.15, -0.1) is 19.7 Å². The van der Waals surface area contributed by atoms with E-state index in [0.717, 1.165) is 0 Å². The minimum Gasteiger partial charge on any atom is -0.394 e. The molecule has 0 saturated heterocycles. The molecule has 6 nitrogen and oxygen atoms in total. The molecule has 4 unspecified atom stereocenters. The zero-order valence-corrected chi connectivity index (χ0v) is 12.3. The molecule has 0 aromatic rings. The Morgan fingerprint density at radius 3 is 2.00 bits per heavy atom. The highest BCUT2D eigenvalue weighted by atomic mass is 16.6. The molecule has 3 N–H and O–H groups in total. The second kappa shape index (κ2) is 12.7. The van der Waals surface area contributed by atoms with E-state index in [1.165, 1.54) is 6.08 Å². The molecule has 0 spiro atoms. The van der Waals surface area contributed by atoms with Crippen molar-refractivity contribution >= 4 is 0 Å². The van der Waals surface area contributed by atoms with Crippen LogP contribution in [0.2, 0.25) is 0 Å². The van der Waals surface area contributed by atoms with Gasteiger partial charge in [0, 0.05) is 0 Å². The molecule has 4 atom stereocenters. The predicted octanol–water partition coefficient (Wildman–Crippen LogP) is 0.0455. The Balaban J connectivity index is 4.88. The summed E-state index contributed by atoms with van der Waals surface area (Å²) in [7, 11) is 0. The number of aliphatic hydroxyl groups is 3. The summed E-state index contributed by atoms with van der Waals surface area (Å²) in [4.78, 5) is 0. The summed E-state index contributed by atoms with van der Waals surface area (Å²) in [5.74, 6) is 0. The second-order valence-corrected chi connectivity index (χ2v) is 4.31. The van der Waals surface area contributed by atoms with Crippen LogP contribution in [0.1, 0.15) is 0 Å². The first-order chi connectivity index (χ1) is 10.1. The largest absolute Gasteiger partial charge is 0.394 e. The monoisotopic (exact) mass is 302 g/mol. The molecule has 0 aromatic heterocycles. The number of rotatable bonds is 14. The molecule has 0 rings (SSSR count). The molecule has 0 aliphatic heterocycles. The van der Waals surface area contributed by atoms with E-state index >= 15 is 0 Å². The molecule has 21 heavy (non-hydrogen) atoms. The van der Waals surface area contributed by atoms with Crippen LogP contribution in [0.4, 0.5) is 0 Å². The fraction of sp³-hybridized carbons (Fsp3) is 0.600. The van der Waals surface area contributed by atoms with Crippen molar-refractivity contribution in [2.45, 2.75) is 24.4 Å². The highest BCUT2D eigenvalue weighted by molar-refractivity contribution is 4.85. The van der Waals surface area contributed by atoms with Crippen LogP contribution in [-0.4, -0.2) is 72.8 Å². The van der Waals surface area contributed by atoms with E-state index in [9.17, 15) is 10.2 Å². The van der Waals surface area contributed by atoms with Crippen LogP contribution in [0.5, 0.6) is 0 Å². The van der Waals surface area contributed by atoms with E-state index < -0.39 is 31.0 Å². The van der Waals surface area contributed by atoms with Gasteiger partial charge in [0.15, 0.2) is 0 Å². The molecule has 0 saturated carbocycles. The Morgan fingerprint density at radius 1 is 0.905 bits per heavy atom.